The van der Waals surface area contributed by atoms with Gasteiger partial charge in [-0.2, -0.15) is 0 Å². The van der Waals surface area contributed by atoms with E-state index in [9.17, 15) is 0 Å². The molecule has 0 nitrogen and oxygen atoms in total. The lowest BCUT2D eigenvalue weighted by Gasteiger charge is -2.44. The monoisotopic (exact) mass is 600 g/mol. The summed E-state index contributed by atoms with van der Waals surface area (Å²) in [4.78, 5) is 5.68. The summed E-state index contributed by atoms with van der Waals surface area (Å²) in [6.07, 6.45) is 9.09. The van der Waals surface area contributed by atoms with Crippen molar-refractivity contribution in [2.75, 3.05) is 0 Å². The summed E-state index contributed by atoms with van der Waals surface area (Å²) < 4.78 is 0. The summed E-state index contributed by atoms with van der Waals surface area (Å²) in [6, 6.07) is 65.8. The van der Waals surface area contributed by atoms with Gasteiger partial charge in [-0.1, -0.05) is 158 Å². The van der Waals surface area contributed by atoms with E-state index in [-0.39, 0.29) is 0 Å². The summed E-state index contributed by atoms with van der Waals surface area (Å²) in [6.45, 7) is 0. The maximum Gasteiger partial charge on any atom is 0.179 e. The predicted molar refractivity (Wildman–Crippen MR) is 192 cm³/mol. The first-order valence-electron chi connectivity index (χ1n) is 15.4. The Labute approximate surface area is 264 Å². The molecule has 0 N–H and O–H groups in total. The van der Waals surface area contributed by atoms with Crippen molar-refractivity contribution in [3.05, 3.63) is 199 Å². The topological polar surface area (TPSA) is 0 Å². The Morgan fingerprint density at radius 3 is 1.14 bits per heavy atom. The predicted octanol–water partition coefficient (Wildman–Crippen LogP) is 8.58. The lowest BCUT2D eigenvalue weighted by atomic mass is 10.2. The Morgan fingerprint density at radius 2 is 0.750 bits per heavy atom. The van der Waals surface area contributed by atoms with Gasteiger partial charge in [-0.15, -0.1) is 10.0 Å². The van der Waals surface area contributed by atoms with Crippen molar-refractivity contribution in [2.24, 2.45) is 0 Å². The van der Waals surface area contributed by atoms with Crippen LogP contribution in [-0.2, 0) is 0 Å². The Morgan fingerprint density at radius 1 is 0.386 bits per heavy atom. The molecule has 0 saturated carbocycles. The molecular weight excluding hydrogens is 565 g/mol. The van der Waals surface area contributed by atoms with E-state index in [2.05, 4.69) is 194 Å². The van der Waals surface area contributed by atoms with Gasteiger partial charge in [0.15, 0.2) is 8.07 Å². The smallest absolute Gasteiger partial charge is 0.137 e. The molecule has 0 bridgehead atoms. The average Bonchev–Trinajstić information content (AvgIpc) is 3.12. The van der Waals surface area contributed by atoms with Crippen molar-refractivity contribution >= 4 is 38.8 Å². The van der Waals surface area contributed by atoms with Crippen LogP contribution in [0, 0.1) is 0 Å². The summed E-state index contributed by atoms with van der Waals surface area (Å²) in [5, 5.41) is 5.59. The zero-order valence-electron chi connectivity index (χ0n) is 24.8. The van der Waals surface area contributed by atoms with E-state index in [1.807, 2.05) is 0 Å². The quantitative estimate of drug-likeness (QED) is 0.121. The minimum Gasteiger partial charge on any atom is -0.137 e. The fourth-order valence-electron chi connectivity index (χ4n) is 6.92. The Bertz CT molecular complexity index is 1730. The van der Waals surface area contributed by atoms with E-state index in [1.165, 1.54) is 40.3 Å². The first-order valence-corrected chi connectivity index (χ1v) is 19.0. The van der Waals surface area contributed by atoms with Crippen LogP contribution >= 0.6 is 10.0 Å². The third kappa shape index (κ3) is 4.81. The maximum absolute atomic E-state index is 2.60. The van der Waals surface area contributed by atoms with Crippen LogP contribution in [0.4, 0.5) is 0 Å². The highest BCUT2D eigenvalue weighted by Gasteiger charge is 2.42. The molecule has 0 radical (unpaired) electrons. The molecule has 1 aliphatic rings. The van der Waals surface area contributed by atoms with Gasteiger partial charge >= 0.3 is 0 Å². The first kappa shape index (κ1) is 28.2. The second kappa shape index (κ2) is 12.5. The SMILES string of the molecule is C1=CCCC(S(c2ccccc2)(c2ccccc2)c2ccc([Si](c3ccccc3)(c3ccccc3)c3ccccc3)cc2)=C1. The third-order valence-electron chi connectivity index (χ3n) is 8.82. The van der Waals surface area contributed by atoms with Gasteiger partial charge in [0.05, 0.1) is 0 Å². The van der Waals surface area contributed by atoms with Gasteiger partial charge in [-0.3, -0.25) is 0 Å². The van der Waals surface area contributed by atoms with Crippen LogP contribution in [0.25, 0.3) is 0 Å². The highest BCUT2D eigenvalue weighted by atomic mass is 32.3. The Balaban J connectivity index is 1.51. The van der Waals surface area contributed by atoms with Gasteiger partial charge in [0.25, 0.3) is 0 Å². The molecule has 0 atom stereocenters. The van der Waals surface area contributed by atoms with Crippen LogP contribution in [-0.4, -0.2) is 8.07 Å². The molecule has 0 aliphatic heterocycles. The highest BCUT2D eigenvalue weighted by molar-refractivity contribution is 8.37. The molecule has 7 rings (SSSR count). The molecule has 0 fully saturated rings. The standard InChI is InChI=1S/C42H36SSi/c1-7-19-35(20-8-1)43(36-21-9-2-10-22-36,37-23-11-3-12-24-37)38-31-33-42(34-32-38)44(39-25-13-4-14-26-39,40-27-15-5-16-28-40)41-29-17-6-18-30-41/h1-11,13-23,25-34H,12,24H2. The molecular formula is C42H36SSi. The normalized spacial score (nSPS) is 13.7. The van der Waals surface area contributed by atoms with Crippen LogP contribution in [0.3, 0.4) is 0 Å². The van der Waals surface area contributed by atoms with Gasteiger partial charge in [-0.05, 0) is 74.9 Å². The van der Waals surface area contributed by atoms with Gasteiger partial charge in [0, 0.05) is 14.7 Å². The first-order chi connectivity index (χ1) is 21.8. The minimum atomic E-state index is -2.60. The van der Waals surface area contributed by atoms with Gasteiger partial charge in [0.1, 0.15) is 0 Å². The maximum atomic E-state index is 2.46. The van der Waals surface area contributed by atoms with Crippen molar-refractivity contribution in [1.29, 1.82) is 0 Å². The van der Waals surface area contributed by atoms with E-state index in [1.54, 1.807) is 0 Å². The fourth-order valence-corrected chi connectivity index (χ4v) is 15.8. The summed E-state index contributed by atoms with van der Waals surface area (Å²) in [5.74, 6) is 0. The fraction of sp³-hybridized carbons (Fsp3) is 0.0476. The zero-order chi connectivity index (χ0) is 29.7. The Kier molecular flexibility index (Phi) is 8.02. The molecule has 0 amide bonds. The molecule has 0 spiro atoms. The molecule has 44 heavy (non-hydrogen) atoms. The number of allylic oxidation sites excluding steroid dienone is 4. The van der Waals surface area contributed by atoms with Crippen LogP contribution in [0.2, 0.25) is 0 Å². The van der Waals surface area contributed by atoms with Gasteiger partial charge < -0.3 is 0 Å². The summed E-state index contributed by atoms with van der Waals surface area (Å²) in [5.41, 5.74) is 0. The van der Waals surface area contributed by atoms with Crippen LogP contribution in [0.1, 0.15) is 12.8 Å². The van der Waals surface area contributed by atoms with Crippen molar-refractivity contribution in [3.8, 4) is 0 Å². The summed E-state index contributed by atoms with van der Waals surface area (Å²) in [7, 11) is -4.26. The second-order valence-electron chi connectivity index (χ2n) is 11.2. The largest absolute Gasteiger partial charge is 0.179 e. The molecule has 0 saturated heterocycles. The highest BCUT2D eigenvalue weighted by Crippen LogP contribution is 2.74. The number of hydrogen-bond donors (Lipinski definition) is 0. The second-order valence-corrected chi connectivity index (χ2v) is 18.2. The lowest BCUT2D eigenvalue weighted by Crippen LogP contribution is -2.74. The number of benzene rings is 6. The van der Waals surface area contributed by atoms with Gasteiger partial charge in [0.2, 0.25) is 0 Å². The molecule has 214 valence electrons. The Hall–Kier alpha value is -4.63. The average molecular weight is 601 g/mol. The zero-order valence-corrected chi connectivity index (χ0v) is 26.6. The molecule has 6 aromatic carbocycles. The minimum absolute atomic E-state index is 1.06. The van der Waals surface area contributed by atoms with Crippen molar-refractivity contribution in [3.63, 3.8) is 0 Å². The van der Waals surface area contributed by atoms with Crippen LogP contribution < -0.4 is 20.7 Å². The van der Waals surface area contributed by atoms with E-state index >= 15 is 0 Å². The molecule has 2 heteroatoms. The van der Waals surface area contributed by atoms with E-state index in [0.29, 0.717) is 0 Å². The molecule has 6 aromatic rings. The van der Waals surface area contributed by atoms with Crippen molar-refractivity contribution < 1.29 is 0 Å². The molecule has 0 heterocycles. The van der Waals surface area contributed by atoms with Gasteiger partial charge in [-0.25, -0.2) is 0 Å². The molecule has 0 aromatic heterocycles. The summed E-state index contributed by atoms with van der Waals surface area (Å²) >= 11 is 0. The molecule has 1 aliphatic carbocycles. The lowest BCUT2D eigenvalue weighted by molar-refractivity contribution is 1.01. The number of rotatable bonds is 8. The van der Waals surface area contributed by atoms with Crippen molar-refractivity contribution in [1.82, 2.24) is 0 Å². The molecule has 0 unspecified atom stereocenters. The third-order valence-corrected chi connectivity index (χ3v) is 17.7. The number of hydrogen-bond acceptors (Lipinski definition) is 0. The van der Waals surface area contributed by atoms with E-state index in [0.717, 1.165) is 12.8 Å². The van der Waals surface area contributed by atoms with E-state index in [4.69, 9.17) is 0 Å². The van der Waals surface area contributed by atoms with E-state index < -0.39 is 18.1 Å². The van der Waals surface area contributed by atoms with Crippen LogP contribution in [0.15, 0.2) is 214 Å². The van der Waals surface area contributed by atoms with Crippen molar-refractivity contribution in [2.45, 2.75) is 27.5 Å². The van der Waals surface area contributed by atoms with Crippen LogP contribution in [0.5, 0.6) is 0 Å².